The second kappa shape index (κ2) is 3.22. The van der Waals surface area contributed by atoms with Crippen molar-refractivity contribution in [1.82, 2.24) is 5.06 Å². The fraction of sp³-hybridized carbons (Fsp3) is 1.00. The maximum atomic E-state index is 5.16. The quantitative estimate of drug-likeness (QED) is 0.452. The molecule has 0 spiro atoms. The van der Waals surface area contributed by atoms with Crippen LogP contribution in [-0.2, 0) is 4.53 Å². The van der Waals surface area contributed by atoms with Gasteiger partial charge in [0.25, 0.3) is 0 Å². The zero-order valence-corrected chi connectivity index (χ0v) is 7.39. The third kappa shape index (κ3) is 1.58. The first-order valence-corrected chi connectivity index (χ1v) is 4.04. The zero-order valence-electron chi connectivity index (χ0n) is 5.39. The number of hydroxylamine groups is 2. The molecule has 0 aromatic carbocycles. The Morgan fingerprint density at radius 2 is 1.75 bits per heavy atom. The smallest absolute Gasteiger partial charge is 0.175 e. The minimum atomic E-state index is 0.856. The number of rotatable bonds is 1. The molecule has 0 unspecified atom stereocenters. The predicted molar refractivity (Wildman–Crippen MR) is 36.4 cm³/mol. The molecule has 1 fully saturated rings. The molecule has 1 saturated heterocycles. The third-order valence-electron chi connectivity index (χ3n) is 1.57. The number of piperidine rings is 1. The molecule has 1 rings (SSSR count). The van der Waals surface area contributed by atoms with Gasteiger partial charge in [0.2, 0.25) is 0 Å². The maximum Gasteiger partial charge on any atom is 0.175 e. The summed E-state index contributed by atoms with van der Waals surface area (Å²) in [6, 6.07) is 0. The molecule has 0 aliphatic carbocycles. The molecule has 1 aliphatic rings. The minimum absolute atomic E-state index is 0.856. The van der Waals surface area contributed by atoms with Gasteiger partial charge in [0.1, 0.15) is 0 Å². The SMILES string of the molecule is [SiH3]ON1CCCCC1. The second-order valence-electron chi connectivity index (χ2n) is 2.17. The van der Waals surface area contributed by atoms with Crippen LogP contribution in [0.4, 0.5) is 0 Å². The van der Waals surface area contributed by atoms with Crippen molar-refractivity contribution in [2.24, 2.45) is 0 Å². The Hall–Kier alpha value is 0.137. The molecule has 0 saturated carbocycles. The molecule has 2 nitrogen and oxygen atoms in total. The largest absolute Gasteiger partial charge is 0.355 e. The van der Waals surface area contributed by atoms with Gasteiger partial charge in [-0.2, -0.15) is 0 Å². The van der Waals surface area contributed by atoms with Crippen LogP contribution in [0.25, 0.3) is 0 Å². The van der Waals surface area contributed by atoms with E-state index in [1.165, 1.54) is 19.3 Å². The van der Waals surface area contributed by atoms with Crippen molar-refractivity contribution < 1.29 is 4.53 Å². The summed E-state index contributed by atoms with van der Waals surface area (Å²) >= 11 is 0. The Bertz CT molecular complexity index is 63.4. The van der Waals surface area contributed by atoms with Crippen LogP contribution in [-0.4, -0.2) is 28.6 Å². The highest BCUT2D eigenvalue weighted by Gasteiger charge is 2.06. The van der Waals surface area contributed by atoms with E-state index >= 15 is 0 Å². The van der Waals surface area contributed by atoms with Crippen molar-refractivity contribution >= 4 is 10.5 Å². The number of nitrogens with zero attached hydrogens (tertiary/aromatic N) is 1. The second-order valence-corrected chi connectivity index (χ2v) is 2.54. The summed E-state index contributed by atoms with van der Waals surface area (Å²) in [6.07, 6.45) is 4.03. The van der Waals surface area contributed by atoms with Crippen LogP contribution in [0.5, 0.6) is 0 Å². The van der Waals surface area contributed by atoms with E-state index in [1.807, 2.05) is 0 Å². The maximum absolute atomic E-state index is 5.16. The molecule has 0 N–H and O–H groups in total. The topological polar surface area (TPSA) is 12.5 Å². The molecule has 48 valence electrons. The van der Waals surface area contributed by atoms with Gasteiger partial charge in [-0.25, -0.2) is 5.06 Å². The van der Waals surface area contributed by atoms with E-state index in [-0.39, 0.29) is 0 Å². The molecule has 0 aromatic rings. The van der Waals surface area contributed by atoms with Gasteiger partial charge in [0, 0.05) is 13.1 Å². The van der Waals surface area contributed by atoms with Crippen molar-refractivity contribution in [3.8, 4) is 0 Å². The van der Waals surface area contributed by atoms with Gasteiger partial charge in [0.05, 0.1) is 0 Å². The van der Waals surface area contributed by atoms with Gasteiger partial charge in [-0.05, 0) is 12.8 Å². The first-order valence-electron chi connectivity index (χ1n) is 3.22. The average Bonchev–Trinajstić information content (AvgIpc) is 1.90. The molecule has 1 heterocycles. The van der Waals surface area contributed by atoms with Crippen LogP contribution < -0.4 is 0 Å². The van der Waals surface area contributed by atoms with Gasteiger partial charge in [-0.1, -0.05) is 6.42 Å². The summed E-state index contributed by atoms with van der Waals surface area (Å²) in [5.74, 6) is 0. The molecule has 0 atom stereocenters. The lowest BCUT2D eigenvalue weighted by Gasteiger charge is -2.24. The monoisotopic (exact) mass is 131 g/mol. The number of hydrogen-bond donors (Lipinski definition) is 0. The van der Waals surface area contributed by atoms with E-state index in [2.05, 4.69) is 5.06 Å². The molecule has 0 amide bonds. The first kappa shape index (κ1) is 6.26. The highest BCUT2D eigenvalue weighted by molar-refractivity contribution is 5.97. The molecule has 0 aromatic heterocycles. The molecule has 1 aliphatic heterocycles. The molecule has 8 heavy (non-hydrogen) atoms. The fourth-order valence-electron chi connectivity index (χ4n) is 1.05. The van der Waals surface area contributed by atoms with Gasteiger partial charge < -0.3 is 4.53 Å². The van der Waals surface area contributed by atoms with Gasteiger partial charge in [-0.15, -0.1) is 0 Å². The van der Waals surface area contributed by atoms with Crippen molar-refractivity contribution in [1.29, 1.82) is 0 Å². The highest BCUT2D eigenvalue weighted by Crippen LogP contribution is 2.06. The first-order chi connectivity index (χ1) is 3.93. The third-order valence-corrected chi connectivity index (χ3v) is 2.09. The predicted octanol–water partition coefficient (Wildman–Crippen LogP) is -0.316. The van der Waals surface area contributed by atoms with Crippen LogP contribution in [0.2, 0.25) is 0 Å². The highest BCUT2D eigenvalue weighted by atomic mass is 28.2. The van der Waals surface area contributed by atoms with E-state index in [9.17, 15) is 0 Å². The van der Waals surface area contributed by atoms with Crippen LogP contribution in [0.1, 0.15) is 19.3 Å². The van der Waals surface area contributed by atoms with E-state index < -0.39 is 0 Å². The molecule has 3 heteroatoms. The number of hydrogen-bond acceptors (Lipinski definition) is 2. The van der Waals surface area contributed by atoms with Gasteiger partial charge >= 0.3 is 0 Å². The minimum Gasteiger partial charge on any atom is -0.355 e. The summed E-state index contributed by atoms with van der Waals surface area (Å²) in [5.41, 5.74) is 0. The van der Waals surface area contributed by atoms with Crippen LogP contribution in [0, 0.1) is 0 Å². The van der Waals surface area contributed by atoms with Crippen molar-refractivity contribution in [2.75, 3.05) is 13.1 Å². The lowest BCUT2D eigenvalue weighted by Crippen LogP contribution is -2.28. The molecule has 0 radical (unpaired) electrons. The molecule has 0 bridgehead atoms. The van der Waals surface area contributed by atoms with Gasteiger partial charge in [-0.3, -0.25) is 0 Å². The molecular formula is C5H13NOSi. The normalized spacial score (nSPS) is 24.0. The van der Waals surface area contributed by atoms with Crippen molar-refractivity contribution in [3.63, 3.8) is 0 Å². The van der Waals surface area contributed by atoms with E-state index in [4.69, 9.17) is 4.53 Å². The van der Waals surface area contributed by atoms with E-state index in [1.54, 1.807) is 0 Å². The Labute approximate surface area is 53.3 Å². The summed E-state index contributed by atoms with van der Waals surface area (Å²) in [7, 11) is 0.856. The van der Waals surface area contributed by atoms with E-state index in [0.29, 0.717) is 0 Å². The van der Waals surface area contributed by atoms with Crippen LogP contribution in [0.15, 0.2) is 0 Å². The van der Waals surface area contributed by atoms with Crippen molar-refractivity contribution in [3.05, 3.63) is 0 Å². The zero-order chi connectivity index (χ0) is 5.82. The average molecular weight is 131 g/mol. The Kier molecular flexibility index (Phi) is 2.52. The summed E-state index contributed by atoms with van der Waals surface area (Å²) < 4.78 is 5.16. The fourth-order valence-corrected chi connectivity index (χ4v) is 1.41. The Balaban J connectivity index is 2.13. The molecular weight excluding hydrogens is 118 g/mol. The van der Waals surface area contributed by atoms with Gasteiger partial charge in [0.15, 0.2) is 10.5 Å². The van der Waals surface area contributed by atoms with Crippen molar-refractivity contribution in [2.45, 2.75) is 19.3 Å². The lowest BCUT2D eigenvalue weighted by molar-refractivity contribution is -0.0655. The lowest BCUT2D eigenvalue weighted by atomic mass is 10.2. The van der Waals surface area contributed by atoms with E-state index in [0.717, 1.165) is 23.6 Å². The Morgan fingerprint density at radius 1 is 1.12 bits per heavy atom. The summed E-state index contributed by atoms with van der Waals surface area (Å²) in [5, 5.41) is 2.08. The van der Waals surface area contributed by atoms with Crippen LogP contribution in [0.3, 0.4) is 0 Å². The Morgan fingerprint density at radius 3 is 2.12 bits per heavy atom. The standard InChI is InChI=1S/C5H13NOSi/c8-7-6-4-2-1-3-5-6/h1-5H2,8H3. The summed E-state index contributed by atoms with van der Waals surface area (Å²) in [6.45, 7) is 2.31. The van der Waals surface area contributed by atoms with Crippen LogP contribution >= 0.6 is 0 Å². The summed E-state index contributed by atoms with van der Waals surface area (Å²) in [4.78, 5) is 0.